The maximum absolute atomic E-state index is 13.0. The van der Waals surface area contributed by atoms with Gasteiger partial charge in [0.2, 0.25) is 0 Å². The van der Waals surface area contributed by atoms with Gasteiger partial charge in [0.15, 0.2) is 0 Å². The Morgan fingerprint density at radius 3 is 2.38 bits per heavy atom. The fraction of sp³-hybridized carbons (Fsp3) is 0.188. The summed E-state index contributed by atoms with van der Waals surface area (Å²) in [6.07, 6.45) is 1.98. The summed E-state index contributed by atoms with van der Waals surface area (Å²) in [4.78, 5) is 11.7. The molecule has 0 aliphatic heterocycles. The molecule has 0 saturated heterocycles. The van der Waals surface area contributed by atoms with Gasteiger partial charge < -0.3 is 5.32 Å². The van der Waals surface area contributed by atoms with Crippen molar-refractivity contribution in [1.29, 1.82) is 0 Å². The van der Waals surface area contributed by atoms with Gasteiger partial charge in [-0.3, -0.25) is 9.52 Å². The number of benzene rings is 2. The van der Waals surface area contributed by atoms with Gasteiger partial charge in [-0.1, -0.05) is 11.6 Å². The molecule has 1 fully saturated rings. The Hall–Kier alpha value is -2.12. The van der Waals surface area contributed by atoms with Crippen molar-refractivity contribution in [2.45, 2.75) is 23.8 Å². The first kappa shape index (κ1) is 16.7. The molecule has 24 heavy (non-hydrogen) atoms. The number of carbonyl (C=O) groups is 1. The van der Waals surface area contributed by atoms with Crippen LogP contribution in [0.15, 0.2) is 47.4 Å². The maximum Gasteiger partial charge on any atom is 0.263 e. The van der Waals surface area contributed by atoms with E-state index in [1.54, 1.807) is 0 Å². The molecular weight excluding hydrogens is 355 g/mol. The van der Waals surface area contributed by atoms with Crippen molar-refractivity contribution in [2.75, 3.05) is 4.72 Å². The molecule has 1 amide bonds. The van der Waals surface area contributed by atoms with E-state index in [0.29, 0.717) is 5.56 Å². The van der Waals surface area contributed by atoms with Crippen LogP contribution in [-0.4, -0.2) is 20.4 Å². The molecule has 126 valence electrons. The van der Waals surface area contributed by atoms with Crippen LogP contribution in [0.5, 0.6) is 0 Å². The Morgan fingerprint density at radius 2 is 1.79 bits per heavy atom. The van der Waals surface area contributed by atoms with Crippen molar-refractivity contribution >= 4 is 33.2 Å². The first-order chi connectivity index (χ1) is 11.3. The Balaban J connectivity index is 1.75. The second kappa shape index (κ2) is 6.41. The fourth-order valence-electron chi connectivity index (χ4n) is 2.09. The number of amides is 1. The molecule has 0 bridgehead atoms. The lowest BCUT2D eigenvalue weighted by Gasteiger charge is -2.10. The standard InChI is InChI=1S/C16H14ClFN2O3S/c17-14-9-11(18)3-8-15(14)24(22,23)20-13-4-1-10(2-5-13)16(21)19-12-6-7-12/h1-5,8-9,12,20H,6-7H2,(H,19,21). The normalized spacial score (nSPS) is 14.2. The quantitative estimate of drug-likeness (QED) is 0.851. The SMILES string of the molecule is O=C(NC1CC1)c1ccc(NS(=O)(=O)c2ccc(F)cc2Cl)cc1. The molecule has 8 heteroatoms. The summed E-state index contributed by atoms with van der Waals surface area (Å²) in [7, 11) is -3.95. The van der Waals surface area contributed by atoms with Crippen LogP contribution < -0.4 is 10.0 Å². The lowest BCUT2D eigenvalue weighted by Crippen LogP contribution is -2.25. The van der Waals surface area contributed by atoms with Crippen molar-refractivity contribution in [1.82, 2.24) is 5.32 Å². The van der Waals surface area contributed by atoms with Crippen LogP contribution in [0.25, 0.3) is 0 Å². The maximum atomic E-state index is 13.0. The van der Waals surface area contributed by atoms with Gasteiger partial charge in [-0.05, 0) is 55.3 Å². The van der Waals surface area contributed by atoms with Gasteiger partial charge in [-0.15, -0.1) is 0 Å². The number of hydrogen-bond donors (Lipinski definition) is 2. The summed E-state index contributed by atoms with van der Waals surface area (Å²) >= 11 is 5.79. The lowest BCUT2D eigenvalue weighted by atomic mass is 10.2. The van der Waals surface area contributed by atoms with Crippen molar-refractivity contribution in [3.63, 3.8) is 0 Å². The highest BCUT2D eigenvalue weighted by Gasteiger charge is 2.24. The molecule has 2 N–H and O–H groups in total. The smallest absolute Gasteiger partial charge is 0.263 e. The third-order valence-electron chi connectivity index (χ3n) is 3.50. The van der Waals surface area contributed by atoms with E-state index in [1.807, 2.05) is 0 Å². The zero-order valence-electron chi connectivity index (χ0n) is 12.4. The molecular formula is C16H14ClFN2O3S. The number of hydrogen-bond acceptors (Lipinski definition) is 3. The molecule has 1 saturated carbocycles. The third kappa shape index (κ3) is 3.85. The van der Waals surface area contributed by atoms with Gasteiger partial charge in [0.05, 0.1) is 5.02 Å². The van der Waals surface area contributed by atoms with E-state index in [2.05, 4.69) is 10.0 Å². The Morgan fingerprint density at radius 1 is 1.12 bits per heavy atom. The van der Waals surface area contributed by atoms with E-state index in [1.165, 1.54) is 24.3 Å². The molecule has 1 aliphatic rings. The molecule has 1 aliphatic carbocycles. The Bertz CT molecular complexity index is 881. The summed E-state index contributed by atoms with van der Waals surface area (Å²) in [6, 6.07) is 9.32. The zero-order valence-corrected chi connectivity index (χ0v) is 14.0. The summed E-state index contributed by atoms with van der Waals surface area (Å²) < 4.78 is 40.0. The Labute approximate surface area is 143 Å². The minimum Gasteiger partial charge on any atom is -0.349 e. The summed E-state index contributed by atoms with van der Waals surface area (Å²) in [5.41, 5.74) is 0.725. The molecule has 0 aromatic heterocycles. The van der Waals surface area contributed by atoms with E-state index >= 15 is 0 Å². The number of carbonyl (C=O) groups excluding carboxylic acids is 1. The minimum absolute atomic E-state index is 0.187. The van der Waals surface area contributed by atoms with Crippen LogP contribution in [0.1, 0.15) is 23.2 Å². The van der Waals surface area contributed by atoms with Crippen molar-refractivity contribution in [3.05, 3.63) is 58.9 Å². The zero-order chi connectivity index (χ0) is 17.3. The van der Waals surface area contributed by atoms with Crippen molar-refractivity contribution in [2.24, 2.45) is 0 Å². The summed E-state index contributed by atoms with van der Waals surface area (Å²) in [6.45, 7) is 0. The average molecular weight is 369 g/mol. The highest BCUT2D eigenvalue weighted by molar-refractivity contribution is 7.92. The summed E-state index contributed by atoms with van der Waals surface area (Å²) in [5.74, 6) is -0.807. The van der Waals surface area contributed by atoms with Gasteiger partial charge in [-0.2, -0.15) is 0 Å². The molecule has 2 aromatic rings. The van der Waals surface area contributed by atoms with Crippen LogP contribution in [0.2, 0.25) is 5.02 Å². The first-order valence-corrected chi connectivity index (χ1v) is 9.10. The van der Waals surface area contributed by atoms with Crippen LogP contribution in [0.4, 0.5) is 10.1 Å². The van der Waals surface area contributed by atoms with E-state index in [0.717, 1.165) is 31.0 Å². The average Bonchev–Trinajstić information content (AvgIpc) is 3.31. The second-order valence-electron chi connectivity index (χ2n) is 5.51. The number of nitrogens with one attached hydrogen (secondary N) is 2. The first-order valence-electron chi connectivity index (χ1n) is 7.24. The molecule has 0 unspecified atom stereocenters. The predicted octanol–water partition coefficient (Wildman–Crippen LogP) is 3.17. The molecule has 0 radical (unpaired) electrons. The molecule has 0 atom stereocenters. The molecule has 3 rings (SSSR count). The van der Waals surface area contributed by atoms with E-state index in [9.17, 15) is 17.6 Å². The molecule has 5 nitrogen and oxygen atoms in total. The molecule has 2 aromatic carbocycles. The van der Waals surface area contributed by atoms with Crippen LogP contribution in [0.3, 0.4) is 0 Å². The largest absolute Gasteiger partial charge is 0.349 e. The van der Waals surface area contributed by atoms with E-state index < -0.39 is 15.8 Å². The number of rotatable bonds is 5. The van der Waals surface area contributed by atoms with Crippen LogP contribution in [0, 0.1) is 5.82 Å². The molecule has 0 spiro atoms. The van der Waals surface area contributed by atoms with Gasteiger partial charge in [-0.25, -0.2) is 12.8 Å². The van der Waals surface area contributed by atoms with Gasteiger partial charge in [0, 0.05) is 17.3 Å². The number of sulfonamides is 1. The topological polar surface area (TPSA) is 75.3 Å². The highest BCUT2D eigenvalue weighted by atomic mass is 35.5. The van der Waals surface area contributed by atoms with Crippen LogP contribution in [-0.2, 0) is 10.0 Å². The fourth-order valence-corrected chi connectivity index (χ4v) is 3.68. The molecule has 0 heterocycles. The van der Waals surface area contributed by atoms with Gasteiger partial charge in [0.1, 0.15) is 10.7 Å². The number of halogens is 2. The number of anilines is 1. The third-order valence-corrected chi connectivity index (χ3v) is 5.36. The van der Waals surface area contributed by atoms with Gasteiger partial charge in [0.25, 0.3) is 15.9 Å². The monoisotopic (exact) mass is 368 g/mol. The Kier molecular flexibility index (Phi) is 4.47. The summed E-state index contributed by atoms with van der Waals surface area (Å²) in [5, 5.41) is 2.64. The van der Waals surface area contributed by atoms with Crippen LogP contribution >= 0.6 is 11.6 Å². The van der Waals surface area contributed by atoms with Crippen molar-refractivity contribution < 1.29 is 17.6 Å². The predicted molar refractivity (Wildman–Crippen MR) is 89.1 cm³/mol. The van der Waals surface area contributed by atoms with E-state index in [-0.39, 0.29) is 27.6 Å². The minimum atomic E-state index is -3.95. The highest BCUT2D eigenvalue weighted by Crippen LogP contribution is 2.25. The van der Waals surface area contributed by atoms with E-state index in [4.69, 9.17) is 11.6 Å². The van der Waals surface area contributed by atoms with Gasteiger partial charge >= 0.3 is 0 Å². The second-order valence-corrected chi connectivity index (χ2v) is 7.56. The lowest BCUT2D eigenvalue weighted by molar-refractivity contribution is 0.0951. The van der Waals surface area contributed by atoms with Crippen molar-refractivity contribution in [3.8, 4) is 0 Å².